The molecule has 0 aromatic heterocycles. The second-order valence-electron chi connectivity index (χ2n) is 7.83. The summed E-state index contributed by atoms with van der Waals surface area (Å²) in [5, 5.41) is 1.38. The second kappa shape index (κ2) is 8.05. The number of fused-ring (bicyclic) bond motifs is 1. The van der Waals surface area contributed by atoms with E-state index >= 15 is 4.39 Å². The summed E-state index contributed by atoms with van der Waals surface area (Å²) < 4.78 is 21.2. The number of anilines is 2. The lowest BCUT2D eigenvalue weighted by Crippen LogP contribution is -2.46. The van der Waals surface area contributed by atoms with E-state index in [0.717, 1.165) is 19.2 Å². The van der Waals surface area contributed by atoms with Crippen molar-refractivity contribution in [1.29, 1.82) is 0 Å². The van der Waals surface area contributed by atoms with Gasteiger partial charge in [0.1, 0.15) is 17.9 Å². The van der Waals surface area contributed by atoms with Crippen molar-refractivity contribution in [3.63, 3.8) is 0 Å². The Labute approximate surface area is 164 Å². The molecule has 154 valence electrons. The minimum atomic E-state index is -0.712. The summed E-state index contributed by atoms with van der Waals surface area (Å²) >= 11 is 0. The molecule has 1 fully saturated rings. The van der Waals surface area contributed by atoms with E-state index in [0.29, 0.717) is 24.5 Å². The van der Waals surface area contributed by atoms with Gasteiger partial charge in [0.2, 0.25) is 11.6 Å². The minimum Gasteiger partial charge on any atom is -0.486 e. The van der Waals surface area contributed by atoms with Gasteiger partial charge in [-0.1, -0.05) is 0 Å². The quantitative estimate of drug-likeness (QED) is 0.711. The number of nitrogens with zero attached hydrogens (tertiary/aromatic N) is 3. The normalized spacial score (nSPS) is 18.3. The lowest BCUT2D eigenvalue weighted by Gasteiger charge is -2.38. The molecule has 0 unspecified atom stereocenters. The highest BCUT2D eigenvalue weighted by atomic mass is 19.1. The molecule has 0 spiro atoms. The highest BCUT2D eigenvalue weighted by Gasteiger charge is 2.38. The molecule has 3 rings (SSSR count). The molecule has 0 radical (unpaired) electrons. The number of hydrogen-bond acceptors (Lipinski definition) is 7. The zero-order chi connectivity index (χ0) is 20.6. The number of hydroxylamine groups is 1. The molecule has 28 heavy (non-hydrogen) atoms. The summed E-state index contributed by atoms with van der Waals surface area (Å²) in [6.45, 7) is 9.98. The number of hydrogen-bond donors (Lipinski definition) is 0. The SMILES string of the molecule is CC(C)Oc1c(N2CCN(C)CC2)c(F)cc2c1N(OC(C)C)CC(=O)C2=O. The van der Waals surface area contributed by atoms with Crippen LogP contribution in [0.15, 0.2) is 6.07 Å². The third-order valence-corrected chi connectivity index (χ3v) is 4.73. The first kappa shape index (κ1) is 20.5. The topological polar surface area (TPSA) is 62.3 Å². The molecule has 8 heteroatoms. The molecule has 2 heterocycles. The van der Waals surface area contributed by atoms with E-state index in [2.05, 4.69) is 4.90 Å². The van der Waals surface area contributed by atoms with Gasteiger partial charge in [0.25, 0.3) is 0 Å². The Balaban J connectivity index is 2.18. The summed E-state index contributed by atoms with van der Waals surface area (Å²) in [4.78, 5) is 34.6. The van der Waals surface area contributed by atoms with Crippen molar-refractivity contribution < 1.29 is 23.6 Å². The summed E-state index contributed by atoms with van der Waals surface area (Å²) in [7, 11) is 2.02. The molecule has 0 bridgehead atoms. The number of carbonyl (C=O) groups is 2. The van der Waals surface area contributed by atoms with Crippen LogP contribution in [0.3, 0.4) is 0 Å². The average molecular weight is 393 g/mol. The molecule has 1 saturated heterocycles. The van der Waals surface area contributed by atoms with Crippen molar-refractivity contribution in [1.82, 2.24) is 4.90 Å². The molecule has 0 amide bonds. The van der Waals surface area contributed by atoms with E-state index in [1.807, 2.05) is 39.6 Å². The van der Waals surface area contributed by atoms with Crippen LogP contribution >= 0.6 is 0 Å². The molecular weight excluding hydrogens is 365 g/mol. The lowest BCUT2D eigenvalue weighted by atomic mass is 9.98. The van der Waals surface area contributed by atoms with Crippen LogP contribution in [0.4, 0.5) is 15.8 Å². The molecule has 1 aromatic carbocycles. The number of halogens is 1. The maximum atomic E-state index is 15.2. The Morgan fingerprint density at radius 3 is 2.21 bits per heavy atom. The molecule has 0 N–H and O–H groups in total. The molecule has 0 saturated carbocycles. The van der Waals surface area contributed by atoms with E-state index in [-0.39, 0.29) is 30.1 Å². The van der Waals surface area contributed by atoms with E-state index < -0.39 is 17.4 Å². The van der Waals surface area contributed by atoms with Crippen molar-refractivity contribution >= 4 is 22.9 Å². The first-order chi connectivity index (χ1) is 13.2. The number of piperazine rings is 1. The summed E-state index contributed by atoms with van der Waals surface area (Å²) in [6, 6.07) is 1.15. The van der Waals surface area contributed by atoms with Gasteiger partial charge in [0.15, 0.2) is 11.6 Å². The Morgan fingerprint density at radius 2 is 1.64 bits per heavy atom. The van der Waals surface area contributed by atoms with Crippen LogP contribution in [0, 0.1) is 5.82 Å². The zero-order valence-electron chi connectivity index (χ0n) is 17.1. The van der Waals surface area contributed by atoms with Gasteiger partial charge in [-0.3, -0.25) is 14.4 Å². The van der Waals surface area contributed by atoms with Gasteiger partial charge in [-0.25, -0.2) is 9.45 Å². The fourth-order valence-corrected chi connectivity index (χ4v) is 3.48. The number of rotatable bonds is 5. The highest BCUT2D eigenvalue weighted by molar-refractivity contribution is 6.47. The van der Waals surface area contributed by atoms with E-state index in [1.54, 1.807) is 0 Å². The van der Waals surface area contributed by atoms with Gasteiger partial charge in [0, 0.05) is 26.2 Å². The smallest absolute Gasteiger partial charge is 0.233 e. The third-order valence-electron chi connectivity index (χ3n) is 4.73. The summed E-state index contributed by atoms with van der Waals surface area (Å²) in [5.74, 6) is -1.64. The predicted molar refractivity (Wildman–Crippen MR) is 105 cm³/mol. The highest BCUT2D eigenvalue weighted by Crippen LogP contribution is 2.45. The van der Waals surface area contributed by atoms with Gasteiger partial charge < -0.3 is 14.5 Å². The number of Topliss-reactive ketones (excluding diaryl/α,β-unsaturated/α-hetero) is 2. The first-order valence-electron chi connectivity index (χ1n) is 9.67. The molecular formula is C20H28FN3O4. The Morgan fingerprint density at radius 1 is 1.00 bits per heavy atom. The molecule has 2 aliphatic heterocycles. The monoisotopic (exact) mass is 393 g/mol. The summed E-state index contributed by atoms with van der Waals surface area (Å²) in [6.07, 6.45) is -0.469. The molecule has 7 nitrogen and oxygen atoms in total. The van der Waals surface area contributed by atoms with E-state index in [4.69, 9.17) is 9.57 Å². The van der Waals surface area contributed by atoms with Crippen molar-refractivity contribution in [2.24, 2.45) is 0 Å². The average Bonchev–Trinajstić information content (AvgIpc) is 2.59. The largest absolute Gasteiger partial charge is 0.486 e. The molecule has 0 atom stereocenters. The van der Waals surface area contributed by atoms with Gasteiger partial charge in [-0.15, -0.1) is 0 Å². The maximum Gasteiger partial charge on any atom is 0.233 e. The predicted octanol–water partition coefficient (Wildman–Crippen LogP) is 2.28. The maximum absolute atomic E-state index is 15.2. The van der Waals surface area contributed by atoms with Crippen LogP contribution in [0.5, 0.6) is 5.75 Å². The Bertz CT molecular complexity index is 773. The van der Waals surface area contributed by atoms with Gasteiger partial charge in [-0.2, -0.15) is 0 Å². The van der Waals surface area contributed by atoms with E-state index in [1.165, 1.54) is 5.06 Å². The minimum absolute atomic E-state index is 0.0112. The van der Waals surface area contributed by atoms with Crippen molar-refractivity contribution in [3.8, 4) is 5.75 Å². The second-order valence-corrected chi connectivity index (χ2v) is 7.83. The van der Waals surface area contributed by atoms with Crippen molar-refractivity contribution in [3.05, 3.63) is 17.4 Å². The van der Waals surface area contributed by atoms with Gasteiger partial charge in [-0.05, 0) is 40.8 Å². The number of likely N-dealkylation sites (N-methyl/N-ethyl adjacent to an activating group) is 1. The fraction of sp³-hybridized carbons (Fsp3) is 0.600. The van der Waals surface area contributed by atoms with Crippen LogP contribution in [0.25, 0.3) is 0 Å². The number of carbonyl (C=O) groups excluding carboxylic acids is 2. The number of benzene rings is 1. The van der Waals surface area contributed by atoms with Crippen molar-refractivity contribution in [2.45, 2.75) is 39.9 Å². The van der Waals surface area contributed by atoms with Gasteiger partial charge in [0.05, 0.1) is 17.8 Å². The molecule has 0 aliphatic carbocycles. The number of ether oxygens (including phenoxy) is 1. The zero-order valence-corrected chi connectivity index (χ0v) is 17.1. The fourth-order valence-electron chi connectivity index (χ4n) is 3.48. The van der Waals surface area contributed by atoms with Gasteiger partial charge >= 0.3 is 0 Å². The van der Waals surface area contributed by atoms with Crippen LogP contribution in [0.2, 0.25) is 0 Å². The van der Waals surface area contributed by atoms with E-state index in [9.17, 15) is 9.59 Å². The standard InChI is InChI=1S/C20H28FN3O4/c1-12(2)27-20-17-14(19(26)16(25)11-24(17)28-13(3)4)10-15(21)18(20)23-8-6-22(5)7-9-23/h10,12-13H,6-9,11H2,1-5H3. The first-order valence-corrected chi connectivity index (χ1v) is 9.67. The van der Waals surface area contributed by atoms with Crippen LogP contribution in [0.1, 0.15) is 38.1 Å². The Kier molecular flexibility index (Phi) is 5.90. The lowest BCUT2D eigenvalue weighted by molar-refractivity contribution is -0.115. The molecule has 1 aromatic rings. The summed E-state index contributed by atoms with van der Waals surface area (Å²) in [5.41, 5.74) is 0.644. The van der Waals surface area contributed by atoms with Crippen LogP contribution in [-0.2, 0) is 9.63 Å². The van der Waals surface area contributed by atoms with Crippen LogP contribution < -0.4 is 14.7 Å². The van der Waals surface area contributed by atoms with Crippen LogP contribution in [-0.4, -0.2) is 68.4 Å². The Hall–Kier alpha value is -2.19. The molecule has 2 aliphatic rings. The number of ketones is 2. The third kappa shape index (κ3) is 3.98. The van der Waals surface area contributed by atoms with Crippen molar-refractivity contribution in [2.75, 3.05) is 49.7 Å².